The van der Waals surface area contributed by atoms with Crippen molar-refractivity contribution in [1.29, 1.82) is 0 Å². The molecule has 2 heterocycles. The minimum absolute atomic E-state index is 0.0955. The molecule has 1 saturated carbocycles. The third-order valence-corrected chi connectivity index (χ3v) is 10.1. The van der Waals surface area contributed by atoms with Gasteiger partial charge in [0.1, 0.15) is 4.88 Å². The van der Waals surface area contributed by atoms with Gasteiger partial charge in [0.05, 0.1) is 23.2 Å². The summed E-state index contributed by atoms with van der Waals surface area (Å²) in [6, 6.07) is 19.0. The Kier molecular flexibility index (Phi) is 6.96. The van der Waals surface area contributed by atoms with Crippen molar-refractivity contribution >= 4 is 38.9 Å². The molecule has 3 aromatic rings. The van der Waals surface area contributed by atoms with E-state index in [4.69, 9.17) is 0 Å². The Hall–Kier alpha value is -3.01. The van der Waals surface area contributed by atoms with Crippen LogP contribution in [-0.2, 0) is 14.8 Å². The van der Waals surface area contributed by atoms with Crippen molar-refractivity contribution in [3.05, 3.63) is 71.6 Å². The monoisotopic (exact) mass is 524 g/mol. The highest BCUT2D eigenvalue weighted by molar-refractivity contribution is 7.89. The first-order chi connectivity index (χ1) is 17.4. The van der Waals surface area contributed by atoms with Gasteiger partial charge in [0.2, 0.25) is 15.9 Å². The van der Waals surface area contributed by atoms with E-state index < -0.39 is 27.9 Å². The van der Waals surface area contributed by atoms with Gasteiger partial charge in [-0.15, -0.1) is 11.3 Å². The molecule has 1 aliphatic carbocycles. The van der Waals surface area contributed by atoms with E-state index in [9.17, 15) is 23.1 Å². The number of carbonyl (C=O) groups excluding carboxylic acids is 1. The van der Waals surface area contributed by atoms with Crippen LogP contribution in [-0.4, -0.2) is 48.8 Å². The molecule has 1 atom stereocenters. The predicted octanol–water partition coefficient (Wildman–Crippen LogP) is 5.10. The molecule has 0 radical (unpaired) electrons. The predicted molar refractivity (Wildman–Crippen MR) is 140 cm³/mol. The smallest absolute Gasteiger partial charge is 0.348 e. The van der Waals surface area contributed by atoms with Crippen LogP contribution in [0.2, 0.25) is 0 Å². The molecule has 2 aliphatic rings. The van der Waals surface area contributed by atoms with Crippen LogP contribution in [0.5, 0.6) is 0 Å². The first kappa shape index (κ1) is 24.7. The average molecular weight is 525 g/mol. The van der Waals surface area contributed by atoms with E-state index in [1.54, 1.807) is 29.2 Å². The normalized spacial score (nSPS) is 19.9. The van der Waals surface area contributed by atoms with Gasteiger partial charge in [0, 0.05) is 11.4 Å². The Balaban J connectivity index is 1.56. The zero-order valence-electron chi connectivity index (χ0n) is 19.7. The lowest BCUT2D eigenvalue weighted by Crippen LogP contribution is -2.60. The van der Waals surface area contributed by atoms with Crippen molar-refractivity contribution in [2.75, 3.05) is 18.0 Å². The maximum Gasteiger partial charge on any atom is 0.348 e. The van der Waals surface area contributed by atoms with Gasteiger partial charge in [0.25, 0.3) is 0 Å². The average Bonchev–Trinajstić information content (AvgIpc) is 3.35. The number of sulfonamides is 1. The molecule has 1 amide bonds. The number of carbonyl (C=O) groups is 2. The molecule has 1 unspecified atom stereocenters. The molecule has 2 fully saturated rings. The molecule has 7 nitrogen and oxygen atoms in total. The van der Waals surface area contributed by atoms with Gasteiger partial charge in [-0.1, -0.05) is 67.8 Å². The minimum Gasteiger partial charge on any atom is -0.477 e. The number of piperazine rings is 1. The van der Waals surface area contributed by atoms with Gasteiger partial charge in [-0.25, -0.2) is 13.2 Å². The van der Waals surface area contributed by atoms with Crippen LogP contribution in [0.4, 0.5) is 5.69 Å². The van der Waals surface area contributed by atoms with Crippen LogP contribution >= 0.6 is 11.3 Å². The SMILES string of the molecule is O=C(O)c1sc(-c2ccccc2)cc1N1C(=O)CN(S(=O)(=O)c2ccccc2)CC1C1CCCCC1. The summed E-state index contributed by atoms with van der Waals surface area (Å²) >= 11 is 1.14. The van der Waals surface area contributed by atoms with Gasteiger partial charge >= 0.3 is 5.97 Å². The lowest BCUT2D eigenvalue weighted by atomic mass is 9.82. The van der Waals surface area contributed by atoms with E-state index in [1.807, 2.05) is 30.3 Å². The minimum atomic E-state index is -3.86. The van der Waals surface area contributed by atoms with Gasteiger partial charge in [-0.05, 0) is 42.5 Å². The molecule has 9 heteroatoms. The number of rotatable bonds is 6. The first-order valence-corrected chi connectivity index (χ1v) is 14.4. The van der Waals surface area contributed by atoms with Crippen molar-refractivity contribution < 1.29 is 23.1 Å². The molecule has 0 spiro atoms. The molecule has 2 aromatic carbocycles. The topological polar surface area (TPSA) is 95.0 Å². The summed E-state index contributed by atoms with van der Waals surface area (Å²) < 4.78 is 28.1. The fourth-order valence-corrected chi connectivity index (χ4v) is 7.76. The van der Waals surface area contributed by atoms with Crippen LogP contribution in [0.25, 0.3) is 10.4 Å². The van der Waals surface area contributed by atoms with Crippen molar-refractivity contribution in [3.63, 3.8) is 0 Å². The Morgan fingerprint density at radius 1 is 0.944 bits per heavy atom. The van der Waals surface area contributed by atoms with Crippen LogP contribution < -0.4 is 4.90 Å². The number of benzene rings is 2. The standard InChI is InChI=1S/C27H28N2O5S2/c30-25-18-28(36(33,34)21-14-8-3-9-15-21)17-23(19-10-4-1-5-11-19)29(25)22-16-24(35-26(22)27(31)32)20-12-6-2-7-13-20/h2-3,6-9,12-16,19,23H,1,4-5,10-11,17-18H2,(H,31,32). The van der Waals surface area contributed by atoms with Crippen LogP contribution in [0.15, 0.2) is 71.6 Å². The van der Waals surface area contributed by atoms with E-state index in [0.717, 1.165) is 53.9 Å². The number of thiophene rings is 1. The van der Waals surface area contributed by atoms with Crippen molar-refractivity contribution in [2.24, 2.45) is 5.92 Å². The number of amides is 1. The number of carboxylic acids is 1. The Morgan fingerprint density at radius 2 is 1.58 bits per heavy atom. The second-order valence-electron chi connectivity index (χ2n) is 9.34. The fourth-order valence-electron chi connectivity index (χ4n) is 5.34. The summed E-state index contributed by atoms with van der Waals surface area (Å²) in [6.45, 7) is -0.181. The van der Waals surface area contributed by atoms with Gasteiger partial charge in [-0.3, -0.25) is 4.79 Å². The summed E-state index contributed by atoms with van der Waals surface area (Å²) in [7, 11) is -3.86. The summed E-state index contributed by atoms with van der Waals surface area (Å²) in [5.74, 6) is -1.39. The Morgan fingerprint density at radius 3 is 2.22 bits per heavy atom. The number of aromatic carboxylic acids is 1. The van der Waals surface area contributed by atoms with E-state index in [-0.39, 0.29) is 28.8 Å². The summed E-state index contributed by atoms with van der Waals surface area (Å²) in [5, 5.41) is 10.0. The highest BCUT2D eigenvalue weighted by atomic mass is 32.2. The Labute approximate surface area is 215 Å². The largest absolute Gasteiger partial charge is 0.477 e. The number of anilines is 1. The highest BCUT2D eigenvalue weighted by Crippen LogP contribution is 2.41. The van der Waals surface area contributed by atoms with Crippen LogP contribution in [0.1, 0.15) is 41.8 Å². The zero-order valence-corrected chi connectivity index (χ0v) is 21.4. The number of hydrogen-bond donors (Lipinski definition) is 1. The Bertz CT molecular complexity index is 1350. The highest BCUT2D eigenvalue weighted by Gasteiger charge is 2.44. The molecule has 1 aliphatic heterocycles. The molecule has 188 valence electrons. The molecule has 5 rings (SSSR count). The van der Waals surface area contributed by atoms with Gasteiger partial charge < -0.3 is 10.0 Å². The van der Waals surface area contributed by atoms with E-state index in [2.05, 4.69) is 0 Å². The van der Waals surface area contributed by atoms with Crippen LogP contribution in [0, 0.1) is 5.92 Å². The van der Waals surface area contributed by atoms with Crippen molar-refractivity contribution in [3.8, 4) is 10.4 Å². The van der Waals surface area contributed by atoms with Crippen LogP contribution in [0.3, 0.4) is 0 Å². The van der Waals surface area contributed by atoms with Crippen molar-refractivity contribution in [1.82, 2.24) is 4.31 Å². The molecule has 1 saturated heterocycles. The second-order valence-corrected chi connectivity index (χ2v) is 12.3. The summed E-state index contributed by atoms with van der Waals surface area (Å²) in [5.41, 5.74) is 1.24. The molecule has 0 bridgehead atoms. The molecular weight excluding hydrogens is 496 g/mol. The number of nitrogens with zero attached hydrogens (tertiary/aromatic N) is 2. The number of carboxylic acid groups (broad SMARTS) is 1. The quantitative estimate of drug-likeness (QED) is 0.484. The fraction of sp³-hybridized carbons (Fsp3) is 0.333. The summed E-state index contributed by atoms with van der Waals surface area (Å²) in [4.78, 5) is 28.6. The lowest BCUT2D eigenvalue weighted by molar-refractivity contribution is -0.121. The maximum atomic E-state index is 13.7. The third kappa shape index (κ3) is 4.70. The molecular formula is C27H28N2O5S2. The molecule has 1 aromatic heterocycles. The zero-order chi connectivity index (χ0) is 25.3. The molecule has 1 N–H and O–H groups in total. The second kappa shape index (κ2) is 10.2. The van der Waals surface area contributed by atoms with E-state index in [1.165, 1.54) is 16.4 Å². The lowest BCUT2D eigenvalue weighted by Gasteiger charge is -2.44. The van der Waals surface area contributed by atoms with E-state index in [0.29, 0.717) is 5.69 Å². The van der Waals surface area contributed by atoms with Gasteiger partial charge in [0.15, 0.2) is 0 Å². The maximum absolute atomic E-state index is 13.7. The van der Waals surface area contributed by atoms with E-state index >= 15 is 0 Å². The summed E-state index contributed by atoms with van der Waals surface area (Å²) in [6.07, 6.45) is 4.90. The number of hydrogen-bond acceptors (Lipinski definition) is 5. The molecule has 36 heavy (non-hydrogen) atoms. The first-order valence-electron chi connectivity index (χ1n) is 12.2. The van der Waals surface area contributed by atoms with Gasteiger partial charge in [-0.2, -0.15) is 4.31 Å². The van der Waals surface area contributed by atoms with Crippen molar-refractivity contribution in [2.45, 2.75) is 43.0 Å². The third-order valence-electron chi connectivity index (χ3n) is 7.10.